The second-order valence-electron chi connectivity index (χ2n) is 4.14. The first-order valence-corrected chi connectivity index (χ1v) is 6.20. The Kier molecular flexibility index (Phi) is 6.62. The first-order valence-electron chi connectivity index (χ1n) is 6.20. The topological polar surface area (TPSA) is 36.4 Å². The summed E-state index contributed by atoms with van der Waals surface area (Å²) in [5.41, 5.74) is 1.37. The molecule has 3 nitrogen and oxygen atoms in total. The fraction of sp³-hybridized carbons (Fsp3) is 0.267. The van der Waals surface area contributed by atoms with Gasteiger partial charge in [-0.15, -0.1) is 24.0 Å². The first kappa shape index (κ1) is 15.8. The van der Waals surface area contributed by atoms with E-state index in [0.29, 0.717) is 0 Å². The molecule has 0 fully saturated rings. The molecular weight excluding hydrogens is 349 g/mol. The average Bonchev–Trinajstić information content (AvgIpc) is 2.44. The van der Waals surface area contributed by atoms with Gasteiger partial charge in [-0.25, -0.2) is 0 Å². The third-order valence-electron chi connectivity index (χ3n) is 3.03. The number of nitrogens with one attached hydrogen (secondary N) is 2. The van der Waals surface area contributed by atoms with E-state index in [9.17, 15) is 0 Å². The predicted molar refractivity (Wildman–Crippen MR) is 93.5 cm³/mol. The van der Waals surface area contributed by atoms with Gasteiger partial charge in [0.2, 0.25) is 0 Å². The summed E-state index contributed by atoms with van der Waals surface area (Å²) in [6.07, 6.45) is 0.988. The van der Waals surface area contributed by atoms with Gasteiger partial charge in [0.15, 0.2) is 5.96 Å². The molecule has 4 heteroatoms. The Hall–Kier alpha value is -1.30. The number of halogens is 1. The van der Waals surface area contributed by atoms with Gasteiger partial charge >= 0.3 is 0 Å². The van der Waals surface area contributed by atoms with Gasteiger partial charge < -0.3 is 10.6 Å². The van der Waals surface area contributed by atoms with Gasteiger partial charge in [0.25, 0.3) is 0 Å². The molecule has 19 heavy (non-hydrogen) atoms. The molecule has 0 radical (unpaired) electrons. The van der Waals surface area contributed by atoms with Crippen LogP contribution in [0.2, 0.25) is 0 Å². The molecule has 0 unspecified atom stereocenters. The highest BCUT2D eigenvalue weighted by Gasteiger charge is 2.00. The van der Waals surface area contributed by atoms with Crippen LogP contribution in [0.3, 0.4) is 0 Å². The third kappa shape index (κ3) is 4.09. The molecule has 2 aromatic carbocycles. The van der Waals surface area contributed by atoms with Gasteiger partial charge in [-0.2, -0.15) is 0 Å². The van der Waals surface area contributed by atoms with Crippen LogP contribution >= 0.6 is 24.0 Å². The molecule has 0 aliphatic heterocycles. The number of nitrogens with zero attached hydrogens (tertiary/aromatic N) is 1. The van der Waals surface area contributed by atoms with E-state index in [0.717, 1.165) is 18.9 Å². The Morgan fingerprint density at radius 1 is 1.11 bits per heavy atom. The summed E-state index contributed by atoms with van der Waals surface area (Å²) in [7, 11) is 3.64. The van der Waals surface area contributed by atoms with Crippen molar-refractivity contribution < 1.29 is 0 Å². The molecule has 2 N–H and O–H groups in total. The number of aliphatic imine (C=N–C) groups is 1. The zero-order valence-corrected chi connectivity index (χ0v) is 13.6. The standard InChI is InChI=1S/C15H19N3.HI/c1-16-15(17-2)18-11-10-13-8-5-7-12-6-3-4-9-14(12)13;/h3-9H,10-11H2,1-2H3,(H2,16,17,18);1H. The molecule has 2 rings (SSSR count). The molecule has 0 bridgehead atoms. The molecule has 0 atom stereocenters. The predicted octanol–water partition coefficient (Wildman–Crippen LogP) is 2.80. The molecule has 0 heterocycles. The summed E-state index contributed by atoms with van der Waals surface area (Å²) in [5.74, 6) is 0.829. The summed E-state index contributed by atoms with van der Waals surface area (Å²) in [4.78, 5) is 4.09. The second-order valence-corrected chi connectivity index (χ2v) is 4.14. The lowest BCUT2D eigenvalue weighted by atomic mass is 10.0. The lowest BCUT2D eigenvalue weighted by Crippen LogP contribution is -2.35. The summed E-state index contributed by atoms with van der Waals surface area (Å²) >= 11 is 0. The minimum atomic E-state index is 0. The van der Waals surface area contributed by atoms with E-state index in [4.69, 9.17) is 0 Å². The summed E-state index contributed by atoms with van der Waals surface area (Å²) < 4.78 is 0. The van der Waals surface area contributed by atoms with Crippen LogP contribution in [0.25, 0.3) is 10.8 Å². The van der Waals surface area contributed by atoms with Crippen LogP contribution in [0.4, 0.5) is 0 Å². The SMILES string of the molecule is CN=C(NC)NCCc1cccc2ccccc12.I. The normalized spacial score (nSPS) is 10.9. The fourth-order valence-corrected chi connectivity index (χ4v) is 2.11. The van der Waals surface area contributed by atoms with Crippen LogP contribution in [-0.2, 0) is 6.42 Å². The highest BCUT2D eigenvalue weighted by molar-refractivity contribution is 14.0. The highest BCUT2D eigenvalue weighted by atomic mass is 127. The van der Waals surface area contributed by atoms with Crippen molar-refractivity contribution in [1.29, 1.82) is 0 Å². The van der Waals surface area contributed by atoms with Gasteiger partial charge in [-0.3, -0.25) is 4.99 Å². The number of benzene rings is 2. The Bertz CT molecular complexity index is 547. The number of rotatable bonds is 3. The minimum absolute atomic E-state index is 0. The van der Waals surface area contributed by atoms with Crippen molar-refractivity contribution in [3.05, 3.63) is 48.0 Å². The van der Waals surface area contributed by atoms with E-state index >= 15 is 0 Å². The molecule has 0 aromatic heterocycles. The van der Waals surface area contributed by atoms with Crippen LogP contribution in [0.1, 0.15) is 5.56 Å². The Labute approximate surface area is 131 Å². The van der Waals surface area contributed by atoms with Crippen molar-refractivity contribution >= 4 is 40.7 Å². The first-order chi connectivity index (χ1) is 8.85. The van der Waals surface area contributed by atoms with Gasteiger partial charge in [0.05, 0.1) is 0 Å². The van der Waals surface area contributed by atoms with E-state index in [1.807, 2.05) is 7.05 Å². The lowest BCUT2D eigenvalue weighted by Gasteiger charge is -2.10. The van der Waals surface area contributed by atoms with E-state index < -0.39 is 0 Å². The maximum atomic E-state index is 4.09. The van der Waals surface area contributed by atoms with Gasteiger partial charge in [-0.05, 0) is 22.8 Å². The summed E-state index contributed by atoms with van der Waals surface area (Å²) in [5, 5.41) is 8.92. The molecule has 0 aliphatic carbocycles. The summed E-state index contributed by atoms with van der Waals surface area (Å²) in [6.45, 7) is 0.877. The third-order valence-corrected chi connectivity index (χ3v) is 3.03. The maximum Gasteiger partial charge on any atom is 0.190 e. The van der Waals surface area contributed by atoms with Crippen LogP contribution in [0.15, 0.2) is 47.5 Å². The van der Waals surface area contributed by atoms with Gasteiger partial charge in [-0.1, -0.05) is 42.5 Å². The Morgan fingerprint density at radius 3 is 2.58 bits per heavy atom. The van der Waals surface area contributed by atoms with E-state index in [1.165, 1.54) is 16.3 Å². The van der Waals surface area contributed by atoms with E-state index in [1.54, 1.807) is 7.05 Å². The molecule has 102 valence electrons. The average molecular weight is 369 g/mol. The lowest BCUT2D eigenvalue weighted by molar-refractivity contribution is 0.837. The fourth-order valence-electron chi connectivity index (χ4n) is 2.11. The molecule has 0 saturated heterocycles. The second kappa shape index (κ2) is 7.99. The molecule has 0 spiro atoms. The van der Waals surface area contributed by atoms with Crippen molar-refractivity contribution in [3.63, 3.8) is 0 Å². The monoisotopic (exact) mass is 369 g/mol. The quantitative estimate of drug-likeness (QED) is 0.496. The van der Waals surface area contributed by atoms with Crippen molar-refractivity contribution in [2.45, 2.75) is 6.42 Å². The van der Waals surface area contributed by atoms with Crippen LogP contribution < -0.4 is 10.6 Å². The number of hydrogen-bond donors (Lipinski definition) is 2. The van der Waals surface area contributed by atoms with Crippen LogP contribution in [0, 0.1) is 0 Å². The van der Waals surface area contributed by atoms with Crippen molar-refractivity contribution in [3.8, 4) is 0 Å². The molecule has 0 aliphatic rings. The van der Waals surface area contributed by atoms with Crippen LogP contribution in [-0.4, -0.2) is 26.6 Å². The molecule has 2 aromatic rings. The summed E-state index contributed by atoms with van der Waals surface area (Å²) in [6, 6.07) is 14.9. The largest absolute Gasteiger partial charge is 0.359 e. The smallest absolute Gasteiger partial charge is 0.190 e. The Morgan fingerprint density at radius 2 is 1.84 bits per heavy atom. The maximum absolute atomic E-state index is 4.09. The van der Waals surface area contributed by atoms with Gasteiger partial charge in [0, 0.05) is 20.6 Å². The van der Waals surface area contributed by atoms with Crippen molar-refractivity contribution in [1.82, 2.24) is 10.6 Å². The highest BCUT2D eigenvalue weighted by Crippen LogP contribution is 2.18. The zero-order chi connectivity index (χ0) is 12.8. The minimum Gasteiger partial charge on any atom is -0.359 e. The number of guanidine groups is 1. The van der Waals surface area contributed by atoms with E-state index in [2.05, 4.69) is 58.1 Å². The van der Waals surface area contributed by atoms with Crippen molar-refractivity contribution in [2.24, 2.45) is 4.99 Å². The number of hydrogen-bond acceptors (Lipinski definition) is 1. The Balaban J connectivity index is 0.00000180. The zero-order valence-electron chi connectivity index (χ0n) is 11.3. The van der Waals surface area contributed by atoms with Crippen molar-refractivity contribution in [2.75, 3.05) is 20.6 Å². The molecular formula is C15H20IN3. The molecule has 0 amide bonds. The van der Waals surface area contributed by atoms with E-state index in [-0.39, 0.29) is 24.0 Å². The van der Waals surface area contributed by atoms with Crippen LogP contribution in [0.5, 0.6) is 0 Å². The van der Waals surface area contributed by atoms with Gasteiger partial charge in [0.1, 0.15) is 0 Å². The number of fused-ring (bicyclic) bond motifs is 1. The molecule has 0 saturated carbocycles.